The number of hydrogen-bond acceptors (Lipinski definition) is 7. The van der Waals surface area contributed by atoms with Crippen LogP contribution in [0.5, 0.6) is 0 Å². The van der Waals surface area contributed by atoms with Crippen molar-refractivity contribution in [2.75, 3.05) is 0 Å². The Balaban J connectivity index is 0.000000175. The maximum absolute atomic E-state index is 13.1. The third kappa shape index (κ3) is 6.52. The quantitative estimate of drug-likeness (QED) is 0.176. The van der Waals surface area contributed by atoms with Crippen molar-refractivity contribution in [2.24, 2.45) is 5.73 Å². The van der Waals surface area contributed by atoms with Gasteiger partial charge in [-0.25, -0.2) is 9.97 Å². The second-order valence-electron chi connectivity index (χ2n) is 12.8. The van der Waals surface area contributed by atoms with Crippen LogP contribution in [0.1, 0.15) is 69.2 Å². The fourth-order valence-electron chi connectivity index (χ4n) is 6.48. The third-order valence-electron chi connectivity index (χ3n) is 9.07. The van der Waals surface area contributed by atoms with Crippen LogP contribution >= 0.6 is 23.2 Å². The lowest BCUT2D eigenvalue weighted by molar-refractivity contribution is 0.0595. The van der Waals surface area contributed by atoms with E-state index in [9.17, 15) is 9.59 Å². The van der Waals surface area contributed by atoms with Gasteiger partial charge in [0, 0.05) is 33.8 Å². The molecule has 2 atom stereocenters. The fraction of sp³-hybridized carbons (Fsp3) is 0.143. The zero-order valence-electron chi connectivity index (χ0n) is 28.9. The molecule has 258 valence electrons. The van der Waals surface area contributed by atoms with Crippen molar-refractivity contribution in [3.05, 3.63) is 153 Å². The number of nitrogens with zero attached hydrogens (tertiary/aromatic N) is 5. The summed E-state index contributed by atoms with van der Waals surface area (Å²) in [4.78, 5) is 46.2. The normalized spacial score (nSPS) is 13.6. The lowest BCUT2D eigenvalue weighted by atomic mass is 9.99. The molecule has 0 saturated carbocycles. The Morgan fingerprint density at radius 1 is 0.577 bits per heavy atom. The number of aromatic nitrogens is 4. The highest BCUT2D eigenvalue weighted by molar-refractivity contribution is 6.35. The van der Waals surface area contributed by atoms with Crippen LogP contribution in [-0.2, 0) is 0 Å². The van der Waals surface area contributed by atoms with Crippen molar-refractivity contribution in [1.82, 2.24) is 24.8 Å². The third-order valence-corrected chi connectivity index (χ3v) is 9.68. The standard InChI is InChI=1S/C25H18ClN3O2.C17H16ClN3/c1-14-7-5-12-21(27-14)23-19(13-16-8-6-11-20(26)22(16)28-23)15(2)29-24(30)17-9-3-4-10-18(17)25(29)31;1-10-5-3-8-15(20-10)17-13(11(2)19)9-12-6-4-7-14(18)16(12)21-17/h3-13,15H,1-2H3;3-9,11H,19H2,1-2H3/t15-;11-/m00/s1. The number of imide groups is 1. The first-order chi connectivity index (χ1) is 25.0. The largest absolute Gasteiger partial charge is 0.324 e. The SMILES string of the molecule is Cc1cccc(-c2nc3c(Cl)cccc3cc2[C@H](C)N)n1.Cc1cccc(-c2nc3c(Cl)cccc3cc2[C@H](C)N2C(=O)c3ccccc3C2=O)n1. The van der Waals surface area contributed by atoms with Gasteiger partial charge in [-0.05, 0) is 93.9 Å². The molecule has 2 amide bonds. The van der Waals surface area contributed by atoms with Crippen molar-refractivity contribution < 1.29 is 9.59 Å². The van der Waals surface area contributed by atoms with Gasteiger partial charge in [-0.2, -0.15) is 0 Å². The molecule has 10 heteroatoms. The molecule has 0 spiro atoms. The molecule has 7 aromatic rings. The molecule has 4 aromatic heterocycles. The first-order valence-corrected chi connectivity index (χ1v) is 17.6. The molecule has 5 heterocycles. The summed E-state index contributed by atoms with van der Waals surface area (Å²) in [6.45, 7) is 7.66. The van der Waals surface area contributed by atoms with E-state index in [0.29, 0.717) is 38.1 Å². The number of fused-ring (bicyclic) bond motifs is 3. The number of para-hydroxylation sites is 2. The van der Waals surface area contributed by atoms with Crippen LogP contribution in [0.3, 0.4) is 0 Å². The Kier molecular flexibility index (Phi) is 9.55. The second kappa shape index (κ2) is 14.2. The van der Waals surface area contributed by atoms with E-state index in [1.54, 1.807) is 30.3 Å². The molecule has 8 nitrogen and oxygen atoms in total. The summed E-state index contributed by atoms with van der Waals surface area (Å²) < 4.78 is 0. The molecule has 0 radical (unpaired) electrons. The van der Waals surface area contributed by atoms with Gasteiger partial charge >= 0.3 is 0 Å². The molecule has 1 aliphatic rings. The molecule has 0 unspecified atom stereocenters. The molecule has 1 aliphatic heterocycles. The van der Waals surface area contributed by atoms with E-state index in [-0.39, 0.29) is 17.9 Å². The maximum Gasteiger partial charge on any atom is 0.262 e. The molecule has 0 fully saturated rings. The first-order valence-electron chi connectivity index (χ1n) is 16.8. The monoisotopic (exact) mass is 724 g/mol. The van der Waals surface area contributed by atoms with Gasteiger partial charge in [-0.1, -0.05) is 71.7 Å². The minimum absolute atomic E-state index is 0.127. The van der Waals surface area contributed by atoms with E-state index in [0.717, 1.165) is 50.2 Å². The van der Waals surface area contributed by atoms with Crippen LogP contribution in [0.4, 0.5) is 0 Å². The zero-order valence-corrected chi connectivity index (χ0v) is 30.4. The predicted octanol–water partition coefficient (Wildman–Crippen LogP) is 9.89. The first kappa shape index (κ1) is 34.9. The van der Waals surface area contributed by atoms with Crippen LogP contribution in [0.15, 0.2) is 109 Å². The number of carbonyl (C=O) groups excluding carboxylic acids is 2. The van der Waals surface area contributed by atoms with Crippen molar-refractivity contribution in [3.8, 4) is 22.8 Å². The molecule has 0 bridgehead atoms. The van der Waals surface area contributed by atoms with Gasteiger partial charge < -0.3 is 5.73 Å². The van der Waals surface area contributed by atoms with Crippen molar-refractivity contribution in [1.29, 1.82) is 0 Å². The molecule has 0 saturated heterocycles. The van der Waals surface area contributed by atoms with E-state index in [2.05, 4.69) is 16.0 Å². The lowest BCUT2D eigenvalue weighted by Gasteiger charge is -2.25. The van der Waals surface area contributed by atoms with Crippen LogP contribution in [-0.4, -0.2) is 36.7 Å². The number of hydrogen-bond donors (Lipinski definition) is 1. The molecule has 52 heavy (non-hydrogen) atoms. The van der Waals surface area contributed by atoms with Gasteiger partial charge in [-0.15, -0.1) is 0 Å². The van der Waals surface area contributed by atoms with Gasteiger partial charge in [-0.3, -0.25) is 24.5 Å². The number of amides is 2. The zero-order chi connectivity index (χ0) is 36.7. The van der Waals surface area contributed by atoms with Gasteiger partial charge in [0.15, 0.2) is 0 Å². The van der Waals surface area contributed by atoms with Crippen molar-refractivity contribution in [2.45, 2.75) is 39.8 Å². The van der Waals surface area contributed by atoms with Crippen molar-refractivity contribution in [3.63, 3.8) is 0 Å². The average Bonchev–Trinajstić information content (AvgIpc) is 3.39. The Morgan fingerprint density at radius 2 is 1.02 bits per heavy atom. The minimum Gasteiger partial charge on any atom is -0.324 e. The van der Waals surface area contributed by atoms with E-state index in [1.165, 1.54) is 4.90 Å². The molecule has 2 N–H and O–H groups in total. The second-order valence-corrected chi connectivity index (χ2v) is 13.6. The minimum atomic E-state index is -0.541. The van der Waals surface area contributed by atoms with E-state index >= 15 is 0 Å². The topological polar surface area (TPSA) is 115 Å². The average molecular weight is 726 g/mol. The summed E-state index contributed by atoms with van der Waals surface area (Å²) in [5.74, 6) is -0.607. The summed E-state index contributed by atoms with van der Waals surface area (Å²) >= 11 is 12.7. The van der Waals surface area contributed by atoms with E-state index in [1.807, 2.05) is 100 Å². The Hall–Kier alpha value is -5.54. The molecule has 3 aromatic carbocycles. The molecule has 0 aliphatic carbocycles. The maximum atomic E-state index is 13.1. The summed E-state index contributed by atoms with van der Waals surface area (Å²) in [5.41, 5.74) is 14.8. The highest BCUT2D eigenvalue weighted by Gasteiger charge is 2.39. The lowest BCUT2D eigenvalue weighted by Crippen LogP contribution is -2.33. The van der Waals surface area contributed by atoms with Crippen LogP contribution < -0.4 is 5.73 Å². The number of halogens is 2. The highest BCUT2D eigenvalue weighted by Crippen LogP contribution is 2.37. The van der Waals surface area contributed by atoms with Crippen LogP contribution in [0, 0.1) is 13.8 Å². The number of aryl methyl sites for hydroxylation is 2. The number of rotatable bonds is 5. The summed E-state index contributed by atoms with van der Waals surface area (Å²) in [7, 11) is 0. The molecular weight excluding hydrogens is 691 g/mol. The van der Waals surface area contributed by atoms with Gasteiger partial charge in [0.25, 0.3) is 11.8 Å². The van der Waals surface area contributed by atoms with E-state index < -0.39 is 6.04 Å². The van der Waals surface area contributed by atoms with E-state index in [4.69, 9.17) is 38.9 Å². The number of nitrogens with two attached hydrogens (primary N) is 1. The Labute approximate surface area is 311 Å². The Morgan fingerprint density at radius 3 is 1.48 bits per heavy atom. The van der Waals surface area contributed by atoms with Crippen LogP contribution in [0.25, 0.3) is 44.6 Å². The smallest absolute Gasteiger partial charge is 0.262 e. The van der Waals surface area contributed by atoms with Crippen LogP contribution in [0.2, 0.25) is 10.0 Å². The van der Waals surface area contributed by atoms with Gasteiger partial charge in [0.2, 0.25) is 0 Å². The van der Waals surface area contributed by atoms with Gasteiger partial charge in [0.05, 0.1) is 61.0 Å². The van der Waals surface area contributed by atoms with Crippen molar-refractivity contribution >= 4 is 56.8 Å². The number of carbonyl (C=O) groups is 2. The summed E-state index contributed by atoms with van der Waals surface area (Å²) in [6, 6.07) is 33.1. The predicted molar refractivity (Wildman–Crippen MR) is 207 cm³/mol. The molecular formula is C42H34Cl2N6O2. The fourth-order valence-corrected chi connectivity index (χ4v) is 6.93. The summed E-state index contributed by atoms with van der Waals surface area (Å²) in [5, 5.41) is 3.00. The number of pyridine rings is 4. The summed E-state index contributed by atoms with van der Waals surface area (Å²) in [6.07, 6.45) is 0. The molecule has 8 rings (SSSR count). The highest BCUT2D eigenvalue weighted by atomic mass is 35.5. The Bertz CT molecular complexity index is 2500. The van der Waals surface area contributed by atoms with Gasteiger partial charge in [0.1, 0.15) is 0 Å². The number of benzene rings is 3.